The Morgan fingerprint density at radius 1 is 1.39 bits per heavy atom. The number of fused-ring (bicyclic) bond motifs is 1. The van der Waals surface area contributed by atoms with Crippen molar-refractivity contribution in [3.05, 3.63) is 30.0 Å². The molecule has 0 radical (unpaired) electrons. The van der Waals surface area contributed by atoms with Gasteiger partial charge in [0.1, 0.15) is 4.21 Å². The minimum absolute atomic E-state index is 0.186. The van der Waals surface area contributed by atoms with Gasteiger partial charge in [0.15, 0.2) is 10.9 Å². The molecule has 3 N–H and O–H groups in total. The molecule has 0 aliphatic rings. The summed E-state index contributed by atoms with van der Waals surface area (Å²) in [5.74, 6) is -0.581. The minimum atomic E-state index is -0.581. The Hall–Kier alpha value is -1.93. The highest BCUT2D eigenvalue weighted by molar-refractivity contribution is 8.01. The van der Waals surface area contributed by atoms with E-state index in [-0.39, 0.29) is 5.69 Å². The molecule has 0 saturated heterocycles. The summed E-state index contributed by atoms with van der Waals surface area (Å²) < 4.78 is 4.36. The van der Waals surface area contributed by atoms with Gasteiger partial charge in [0.25, 0.3) is 5.91 Å². The summed E-state index contributed by atoms with van der Waals surface area (Å²) >= 11 is 2.42. The van der Waals surface area contributed by atoms with E-state index in [0.29, 0.717) is 9.37 Å². The molecule has 0 fully saturated rings. The summed E-state index contributed by atoms with van der Waals surface area (Å²) in [5, 5.41) is 4.38. The van der Waals surface area contributed by atoms with Crippen molar-refractivity contribution in [3.63, 3.8) is 0 Å². The van der Waals surface area contributed by atoms with Crippen molar-refractivity contribution in [2.24, 2.45) is 5.73 Å². The molecule has 1 amide bonds. The Bertz CT molecular complexity index is 687. The molecule has 8 heteroatoms. The van der Waals surface area contributed by atoms with Crippen LogP contribution in [-0.2, 0) is 0 Å². The number of imidazole rings is 1. The molecule has 0 aliphatic carbocycles. The smallest absolute Gasteiger partial charge is 0.271 e. The number of aromatic amines is 1. The lowest BCUT2D eigenvalue weighted by Crippen LogP contribution is -2.12. The second-order valence-corrected chi connectivity index (χ2v) is 5.45. The largest absolute Gasteiger partial charge is 0.364 e. The highest BCUT2D eigenvalue weighted by Gasteiger charge is 2.16. The number of hydrogen-bond donors (Lipinski definition) is 2. The number of rotatable bonds is 3. The first kappa shape index (κ1) is 11.2. The van der Waals surface area contributed by atoms with E-state index in [2.05, 4.69) is 19.6 Å². The number of para-hydroxylation sites is 2. The number of aromatic nitrogens is 4. The van der Waals surface area contributed by atoms with Crippen molar-refractivity contribution < 1.29 is 4.79 Å². The highest BCUT2D eigenvalue weighted by atomic mass is 32.2. The average molecular weight is 277 g/mol. The van der Waals surface area contributed by atoms with Crippen LogP contribution in [0.1, 0.15) is 10.5 Å². The lowest BCUT2D eigenvalue weighted by molar-refractivity contribution is 0.0993. The van der Waals surface area contributed by atoms with Gasteiger partial charge >= 0.3 is 0 Å². The van der Waals surface area contributed by atoms with Crippen LogP contribution in [-0.4, -0.2) is 25.5 Å². The fraction of sp³-hybridized carbons (Fsp3) is 0. The Labute approximate surface area is 110 Å². The molecule has 18 heavy (non-hydrogen) atoms. The Balaban J connectivity index is 1.96. The van der Waals surface area contributed by atoms with Gasteiger partial charge in [0.2, 0.25) is 0 Å². The molecule has 3 aromatic rings. The normalized spacial score (nSPS) is 10.9. The molecule has 6 nitrogen and oxygen atoms in total. The van der Waals surface area contributed by atoms with E-state index in [1.165, 1.54) is 11.8 Å². The summed E-state index contributed by atoms with van der Waals surface area (Å²) in [5.41, 5.74) is 7.21. The number of hydrogen-bond acceptors (Lipinski definition) is 6. The molecule has 0 atom stereocenters. The predicted molar refractivity (Wildman–Crippen MR) is 68.6 cm³/mol. The molecule has 1 aromatic carbocycles. The molecule has 2 aromatic heterocycles. The Morgan fingerprint density at radius 3 is 3.00 bits per heavy atom. The first-order valence-electron chi connectivity index (χ1n) is 4.99. The van der Waals surface area contributed by atoms with Gasteiger partial charge in [-0.1, -0.05) is 16.6 Å². The van der Waals surface area contributed by atoms with E-state index >= 15 is 0 Å². The molecule has 0 spiro atoms. The lowest BCUT2D eigenvalue weighted by Gasteiger charge is -1.93. The Kier molecular flexibility index (Phi) is 2.73. The first-order chi connectivity index (χ1) is 8.74. The van der Waals surface area contributed by atoms with Gasteiger partial charge in [0, 0.05) is 0 Å². The quantitative estimate of drug-likeness (QED) is 0.758. The number of amides is 1. The maximum Gasteiger partial charge on any atom is 0.271 e. The van der Waals surface area contributed by atoms with Crippen LogP contribution in [0.4, 0.5) is 0 Å². The van der Waals surface area contributed by atoms with Crippen molar-refractivity contribution >= 4 is 40.2 Å². The van der Waals surface area contributed by atoms with Crippen LogP contribution < -0.4 is 5.73 Å². The standard InChI is InChI=1S/C10H7N5OS2/c11-8(16)7-9(18-15-14-7)17-10-12-5-3-1-2-4-6(5)13-10/h1-4H,(H2,11,16)(H,12,13). The summed E-state index contributed by atoms with van der Waals surface area (Å²) in [6.07, 6.45) is 0. The van der Waals surface area contributed by atoms with Gasteiger partial charge in [-0.3, -0.25) is 4.79 Å². The molecule has 3 rings (SSSR count). The first-order valence-corrected chi connectivity index (χ1v) is 6.58. The zero-order valence-electron chi connectivity index (χ0n) is 8.95. The second kappa shape index (κ2) is 4.39. The Morgan fingerprint density at radius 2 is 2.22 bits per heavy atom. The number of carbonyl (C=O) groups excluding carboxylic acids is 1. The number of H-pyrrole nitrogens is 1. The van der Waals surface area contributed by atoms with Crippen molar-refractivity contribution in [1.82, 2.24) is 19.6 Å². The fourth-order valence-electron chi connectivity index (χ4n) is 1.46. The van der Waals surface area contributed by atoms with E-state index in [4.69, 9.17) is 5.73 Å². The molecule has 0 unspecified atom stereocenters. The molecule has 90 valence electrons. The molecule has 2 heterocycles. The zero-order valence-corrected chi connectivity index (χ0v) is 10.6. The number of nitrogens with zero attached hydrogens (tertiary/aromatic N) is 3. The van der Waals surface area contributed by atoms with Crippen LogP contribution in [0, 0.1) is 0 Å². The number of nitrogens with one attached hydrogen (secondary N) is 1. The van der Waals surface area contributed by atoms with Gasteiger partial charge < -0.3 is 10.7 Å². The topological polar surface area (TPSA) is 97.6 Å². The number of carbonyl (C=O) groups is 1. The number of benzene rings is 1. The molecule has 0 bridgehead atoms. The summed E-state index contributed by atoms with van der Waals surface area (Å²) in [6, 6.07) is 7.70. The lowest BCUT2D eigenvalue weighted by atomic mass is 10.3. The van der Waals surface area contributed by atoms with E-state index in [1.54, 1.807) is 0 Å². The van der Waals surface area contributed by atoms with Crippen molar-refractivity contribution in [2.75, 3.05) is 0 Å². The number of primary amides is 1. The highest BCUT2D eigenvalue weighted by Crippen LogP contribution is 2.31. The van der Waals surface area contributed by atoms with E-state index in [0.717, 1.165) is 22.6 Å². The second-order valence-electron chi connectivity index (χ2n) is 3.43. The SMILES string of the molecule is NC(=O)c1nnsc1Sc1nc2ccccc2[nH]1. The predicted octanol–water partition coefficient (Wildman–Crippen LogP) is 1.66. The van der Waals surface area contributed by atoms with Crippen LogP contribution in [0.5, 0.6) is 0 Å². The van der Waals surface area contributed by atoms with Crippen LogP contribution in [0.15, 0.2) is 33.6 Å². The van der Waals surface area contributed by atoms with E-state index < -0.39 is 5.91 Å². The van der Waals surface area contributed by atoms with Crippen molar-refractivity contribution in [3.8, 4) is 0 Å². The third kappa shape index (κ3) is 1.95. The monoisotopic (exact) mass is 277 g/mol. The van der Waals surface area contributed by atoms with Gasteiger partial charge in [-0.2, -0.15) is 0 Å². The van der Waals surface area contributed by atoms with Crippen LogP contribution in [0.3, 0.4) is 0 Å². The zero-order chi connectivity index (χ0) is 12.5. The summed E-state index contributed by atoms with van der Waals surface area (Å²) in [7, 11) is 0. The molecule has 0 aliphatic heterocycles. The third-order valence-electron chi connectivity index (χ3n) is 2.25. The van der Waals surface area contributed by atoms with Gasteiger partial charge in [-0.15, -0.1) is 5.10 Å². The maximum atomic E-state index is 11.1. The number of nitrogens with two attached hydrogens (primary N) is 1. The van der Waals surface area contributed by atoms with Crippen molar-refractivity contribution in [1.29, 1.82) is 0 Å². The molecular formula is C10H7N5OS2. The van der Waals surface area contributed by atoms with Gasteiger partial charge in [-0.05, 0) is 35.4 Å². The molecular weight excluding hydrogens is 270 g/mol. The van der Waals surface area contributed by atoms with Crippen molar-refractivity contribution in [2.45, 2.75) is 9.37 Å². The summed E-state index contributed by atoms with van der Waals surface area (Å²) in [4.78, 5) is 18.7. The van der Waals surface area contributed by atoms with E-state index in [1.807, 2.05) is 24.3 Å². The summed E-state index contributed by atoms with van der Waals surface area (Å²) in [6.45, 7) is 0. The molecule has 0 saturated carbocycles. The maximum absolute atomic E-state index is 11.1. The van der Waals surface area contributed by atoms with E-state index in [9.17, 15) is 4.79 Å². The van der Waals surface area contributed by atoms with Gasteiger partial charge in [-0.25, -0.2) is 4.98 Å². The average Bonchev–Trinajstić information content (AvgIpc) is 2.94. The third-order valence-corrected chi connectivity index (χ3v) is 4.01. The van der Waals surface area contributed by atoms with Crippen LogP contribution >= 0.6 is 23.3 Å². The van der Waals surface area contributed by atoms with Crippen LogP contribution in [0.2, 0.25) is 0 Å². The van der Waals surface area contributed by atoms with Crippen LogP contribution in [0.25, 0.3) is 11.0 Å². The van der Waals surface area contributed by atoms with Gasteiger partial charge in [0.05, 0.1) is 11.0 Å². The minimum Gasteiger partial charge on any atom is -0.364 e. The fourth-order valence-corrected chi connectivity index (χ4v) is 3.09.